The van der Waals surface area contributed by atoms with Crippen LogP contribution >= 0.6 is 0 Å². The zero-order valence-electron chi connectivity index (χ0n) is 26.4. The molecule has 0 aliphatic carbocycles. The summed E-state index contributed by atoms with van der Waals surface area (Å²) >= 11 is 0. The number of fused-ring (bicyclic) bond motifs is 8. The average Bonchev–Trinajstić information content (AvgIpc) is 3.67. The van der Waals surface area contributed by atoms with Gasteiger partial charge in [0.1, 0.15) is 0 Å². The molecule has 5 rings (SSSR count). The van der Waals surface area contributed by atoms with Crippen LogP contribution in [-0.4, -0.2) is 9.97 Å². The van der Waals surface area contributed by atoms with Gasteiger partial charge in [-0.1, -0.05) is 104 Å². The summed E-state index contributed by atoms with van der Waals surface area (Å²) in [7, 11) is 0. The van der Waals surface area contributed by atoms with Crippen LogP contribution in [0.3, 0.4) is 0 Å². The normalized spacial score (nSPS) is 21.2. The first-order valence-electron chi connectivity index (χ1n) is 16.1. The predicted molar refractivity (Wildman–Crippen MR) is 169 cm³/mol. The monoisotopic (exact) mass is 594 g/mol. The van der Waals surface area contributed by atoms with Crippen LogP contribution < -0.4 is 9.97 Å². The van der Waals surface area contributed by atoms with Crippen LogP contribution in [0.5, 0.6) is 0 Å². The molecule has 0 fully saturated rings. The minimum Gasteiger partial charge on any atom is -0.664 e. The van der Waals surface area contributed by atoms with Crippen LogP contribution in [0.25, 0.3) is 22.2 Å². The third kappa shape index (κ3) is 5.44. The molecule has 0 amide bonds. The van der Waals surface area contributed by atoms with Crippen LogP contribution in [0.1, 0.15) is 163 Å². The van der Waals surface area contributed by atoms with Gasteiger partial charge in [-0.25, -0.2) is 4.98 Å². The van der Waals surface area contributed by atoms with E-state index in [0.717, 1.165) is 73.8 Å². The van der Waals surface area contributed by atoms with Gasteiger partial charge in [0, 0.05) is 23.2 Å². The quantitative estimate of drug-likeness (QED) is 0.285. The van der Waals surface area contributed by atoms with Crippen LogP contribution in [0.15, 0.2) is 24.3 Å². The summed E-state index contributed by atoms with van der Waals surface area (Å²) < 4.78 is 0. The van der Waals surface area contributed by atoms with Gasteiger partial charge in [0.05, 0.1) is 11.4 Å². The number of rotatable bonds is 8. The second-order valence-electron chi connectivity index (χ2n) is 11.7. The molecule has 8 bridgehead atoms. The molecule has 0 radical (unpaired) electrons. The number of aromatic nitrogens is 4. The first-order valence-corrected chi connectivity index (χ1v) is 16.1. The molecular formula is C36H48N4Ni. The van der Waals surface area contributed by atoms with E-state index in [4.69, 9.17) is 19.9 Å². The van der Waals surface area contributed by atoms with E-state index in [2.05, 4.69) is 79.7 Å². The van der Waals surface area contributed by atoms with Crippen molar-refractivity contribution in [1.82, 2.24) is 19.9 Å². The summed E-state index contributed by atoms with van der Waals surface area (Å²) in [5, 5.41) is 0. The minimum atomic E-state index is 0. The Kier molecular flexibility index (Phi) is 10.2. The zero-order chi connectivity index (χ0) is 28.6. The molecule has 2 aromatic rings. The van der Waals surface area contributed by atoms with Gasteiger partial charge < -0.3 is 9.97 Å². The third-order valence-electron chi connectivity index (χ3n) is 9.77. The first kappa shape index (κ1) is 31.5. The Labute approximate surface area is 257 Å². The Balaban J connectivity index is 0.00000387. The van der Waals surface area contributed by atoms with E-state index in [-0.39, 0.29) is 16.5 Å². The molecule has 3 aliphatic rings. The van der Waals surface area contributed by atoms with Crippen molar-refractivity contribution in [3.63, 3.8) is 0 Å². The fourth-order valence-corrected chi connectivity index (χ4v) is 7.75. The first-order chi connectivity index (χ1) is 19.5. The van der Waals surface area contributed by atoms with Crippen molar-refractivity contribution in [2.24, 2.45) is 0 Å². The number of allylic oxidation sites excluding steroid dienone is 2. The Morgan fingerprint density at radius 2 is 0.976 bits per heavy atom. The number of hydrogen-bond acceptors (Lipinski definition) is 2. The molecular weight excluding hydrogens is 547 g/mol. The van der Waals surface area contributed by atoms with Crippen molar-refractivity contribution in [1.29, 1.82) is 0 Å². The Morgan fingerprint density at radius 1 is 0.512 bits per heavy atom. The molecule has 5 heterocycles. The van der Waals surface area contributed by atoms with Crippen molar-refractivity contribution < 1.29 is 16.5 Å². The van der Waals surface area contributed by atoms with Crippen molar-refractivity contribution >= 4 is 22.2 Å². The second-order valence-corrected chi connectivity index (χ2v) is 11.7. The molecule has 4 nitrogen and oxygen atoms in total. The number of aryl methyl sites for hydroxylation is 2. The maximum Gasteiger partial charge on any atom is 2.00 e. The number of hydrogen-bond donors (Lipinski definition) is 0. The van der Waals surface area contributed by atoms with Gasteiger partial charge >= 0.3 is 16.5 Å². The minimum absolute atomic E-state index is 0. The molecule has 0 aromatic carbocycles. The second kappa shape index (κ2) is 13.3. The standard InChI is InChI=1S/C36H48N4.Ni/c1-9-21-22(10-2)30-18-32-25(13-5)26(14-6)34(39-32)20-36-28(16-8)27(15-7)35(40-36)19-33-24(12-4)23(11-3)31(38-33)17-29(21)37-30;/h17-24H,9-16H2,1-8H3;/q-2;+2/t21-,22+,23+,24+;/m1./s1. The zero-order valence-corrected chi connectivity index (χ0v) is 27.4. The SMILES string of the molecule is CCC1=C(CC)c2cc3[n-]c(cc4nc(cc5[n-]c(cc1n2)[C@@H](CC)[C@H]5CC)[C@@H](CC)[C@@H]4CC)c(CC)c3CC.[Ni+2]. The molecule has 0 unspecified atom stereocenters. The molecule has 0 saturated heterocycles. The summed E-state index contributed by atoms with van der Waals surface area (Å²) in [4.78, 5) is 21.3. The van der Waals surface area contributed by atoms with E-state index in [9.17, 15) is 0 Å². The van der Waals surface area contributed by atoms with E-state index < -0.39 is 0 Å². The van der Waals surface area contributed by atoms with Gasteiger partial charge in [-0.3, -0.25) is 4.98 Å². The average molecular weight is 596 g/mol. The van der Waals surface area contributed by atoms with Gasteiger partial charge in [-0.05, 0) is 61.5 Å². The van der Waals surface area contributed by atoms with Gasteiger partial charge in [0.15, 0.2) is 0 Å². The van der Waals surface area contributed by atoms with E-state index >= 15 is 0 Å². The van der Waals surface area contributed by atoms with Crippen molar-refractivity contribution in [3.8, 4) is 0 Å². The fourth-order valence-electron chi connectivity index (χ4n) is 7.75. The van der Waals surface area contributed by atoms with E-state index in [1.54, 1.807) is 0 Å². The van der Waals surface area contributed by atoms with E-state index in [0.29, 0.717) is 23.7 Å². The van der Waals surface area contributed by atoms with Crippen molar-refractivity contribution in [3.05, 3.63) is 69.6 Å². The summed E-state index contributed by atoms with van der Waals surface area (Å²) in [5.74, 6) is 1.69. The predicted octanol–water partition coefficient (Wildman–Crippen LogP) is 9.52. The molecule has 0 spiro atoms. The maximum atomic E-state index is 5.35. The fraction of sp³-hybridized carbons (Fsp3) is 0.556. The van der Waals surface area contributed by atoms with Gasteiger partial charge in [0.25, 0.3) is 0 Å². The Bertz CT molecular complexity index is 1470. The molecule has 222 valence electrons. The van der Waals surface area contributed by atoms with Crippen LogP contribution in [0.2, 0.25) is 0 Å². The molecule has 2 aromatic heterocycles. The van der Waals surface area contributed by atoms with Gasteiger partial charge in [0.2, 0.25) is 0 Å². The summed E-state index contributed by atoms with van der Waals surface area (Å²) in [6, 6.07) is 9.26. The molecule has 0 saturated carbocycles. The van der Waals surface area contributed by atoms with Crippen molar-refractivity contribution in [2.45, 2.75) is 130 Å². The Morgan fingerprint density at radius 3 is 1.46 bits per heavy atom. The van der Waals surface area contributed by atoms with Crippen LogP contribution in [0.4, 0.5) is 0 Å². The maximum absolute atomic E-state index is 5.35. The van der Waals surface area contributed by atoms with Crippen molar-refractivity contribution in [2.75, 3.05) is 0 Å². The molecule has 5 heteroatoms. The van der Waals surface area contributed by atoms with Crippen LogP contribution in [-0.2, 0) is 29.3 Å². The van der Waals surface area contributed by atoms with E-state index in [1.807, 2.05) is 0 Å². The topological polar surface area (TPSA) is 54.0 Å². The summed E-state index contributed by atoms with van der Waals surface area (Å²) in [6.07, 6.45) is 8.22. The Hall–Kier alpha value is -2.39. The number of nitrogens with zero attached hydrogens (tertiary/aromatic N) is 4. The van der Waals surface area contributed by atoms with Gasteiger partial charge in [-0.15, -0.1) is 11.0 Å². The van der Waals surface area contributed by atoms with Gasteiger partial charge in [-0.2, -0.15) is 11.4 Å². The third-order valence-corrected chi connectivity index (χ3v) is 9.77. The summed E-state index contributed by atoms with van der Waals surface area (Å²) in [6.45, 7) is 18.3. The summed E-state index contributed by atoms with van der Waals surface area (Å²) in [5.41, 5.74) is 14.6. The molecule has 4 atom stereocenters. The molecule has 41 heavy (non-hydrogen) atoms. The van der Waals surface area contributed by atoms with E-state index in [1.165, 1.54) is 45.0 Å². The molecule has 3 aliphatic heterocycles. The van der Waals surface area contributed by atoms with Crippen LogP contribution in [0, 0.1) is 0 Å². The smallest absolute Gasteiger partial charge is 0.664 e. The molecule has 0 N–H and O–H groups in total. The largest absolute Gasteiger partial charge is 2.00 e.